The van der Waals surface area contributed by atoms with Crippen LogP contribution in [0.15, 0.2) is 41.2 Å². The number of pyridine rings is 1. The van der Waals surface area contributed by atoms with E-state index >= 15 is 0 Å². The van der Waals surface area contributed by atoms with Gasteiger partial charge in [-0.05, 0) is 36.6 Å². The highest BCUT2D eigenvalue weighted by atomic mass is 16.2. The Kier molecular flexibility index (Phi) is 4.97. The molecule has 2 amide bonds. The number of hydrogen-bond acceptors (Lipinski definition) is 3. The molecule has 0 aliphatic carbocycles. The number of nitrogens with one attached hydrogen (secondary N) is 2. The van der Waals surface area contributed by atoms with Gasteiger partial charge in [-0.25, -0.2) is 0 Å². The summed E-state index contributed by atoms with van der Waals surface area (Å²) < 4.78 is 0. The number of amides is 2. The van der Waals surface area contributed by atoms with Crippen LogP contribution in [-0.2, 0) is 17.9 Å². The van der Waals surface area contributed by atoms with Crippen molar-refractivity contribution < 1.29 is 9.59 Å². The quantitative estimate of drug-likeness (QED) is 0.870. The molecular formula is C19H21N3O3. The van der Waals surface area contributed by atoms with E-state index in [1.807, 2.05) is 29.2 Å². The highest BCUT2D eigenvalue weighted by Gasteiger charge is 2.19. The fourth-order valence-electron chi connectivity index (χ4n) is 2.88. The minimum Gasteiger partial charge on any atom is -0.348 e. The first kappa shape index (κ1) is 17.0. The van der Waals surface area contributed by atoms with Crippen LogP contribution >= 0.6 is 0 Å². The molecule has 0 spiro atoms. The number of H-pyrrole nitrogens is 1. The number of carbonyl (C=O) groups excluding carboxylic acids is 2. The van der Waals surface area contributed by atoms with Crippen LogP contribution in [0.2, 0.25) is 0 Å². The van der Waals surface area contributed by atoms with Gasteiger partial charge in [0.25, 0.3) is 11.5 Å². The van der Waals surface area contributed by atoms with Crippen LogP contribution in [-0.4, -0.2) is 28.2 Å². The van der Waals surface area contributed by atoms with Crippen LogP contribution < -0.4 is 10.9 Å². The zero-order valence-electron chi connectivity index (χ0n) is 14.2. The standard InChI is InChI=1S/C19H21N3O3/c1-13-4-9-16(19(25)21-13)18(24)20-11-14-5-7-15(8-6-14)12-22-10-2-3-17(22)23/h4-9H,2-3,10-12H2,1H3,(H,20,24)(H,21,25). The Balaban J connectivity index is 1.57. The van der Waals surface area contributed by atoms with Crippen molar-refractivity contribution in [1.29, 1.82) is 0 Å². The Morgan fingerprint density at radius 3 is 2.48 bits per heavy atom. The van der Waals surface area contributed by atoms with Crippen molar-refractivity contribution in [3.8, 4) is 0 Å². The van der Waals surface area contributed by atoms with Crippen molar-refractivity contribution in [2.75, 3.05) is 6.54 Å². The van der Waals surface area contributed by atoms with Gasteiger partial charge in [0, 0.05) is 31.7 Å². The molecule has 1 aromatic carbocycles. The number of carbonyl (C=O) groups is 2. The number of benzene rings is 1. The zero-order chi connectivity index (χ0) is 17.8. The fraction of sp³-hybridized carbons (Fsp3) is 0.316. The van der Waals surface area contributed by atoms with Gasteiger partial charge in [0.1, 0.15) is 5.56 Å². The van der Waals surface area contributed by atoms with Gasteiger partial charge in [-0.1, -0.05) is 24.3 Å². The lowest BCUT2D eigenvalue weighted by Gasteiger charge is -2.15. The number of rotatable bonds is 5. The van der Waals surface area contributed by atoms with Gasteiger partial charge in [0.2, 0.25) is 5.91 Å². The molecule has 0 bridgehead atoms. The number of aromatic nitrogens is 1. The van der Waals surface area contributed by atoms with Crippen LogP contribution in [0.3, 0.4) is 0 Å². The second-order valence-electron chi connectivity index (χ2n) is 6.30. The summed E-state index contributed by atoms with van der Waals surface area (Å²) in [5.74, 6) is -0.187. The molecule has 3 rings (SSSR count). The maximum Gasteiger partial charge on any atom is 0.260 e. The molecule has 1 fully saturated rings. The topological polar surface area (TPSA) is 82.3 Å². The van der Waals surface area contributed by atoms with Crippen molar-refractivity contribution >= 4 is 11.8 Å². The Morgan fingerprint density at radius 2 is 1.84 bits per heavy atom. The average Bonchev–Trinajstić information content (AvgIpc) is 2.99. The van der Waals surface area contributed by atoms with Crippen molar-refractivity contribution in [1.82, 2.24) is 15.2 Å². The van der Waals surface area contributed by atoms with Gasteiger partial charge in [-0.2, -0.15) is 0 Å². The van der Waals surface area contributed by atoms with Crippen molar-refractivity contribution in [2.24, 2.45) is 0 Å². The largest absolute Gasteiger partial charge is 0.348 e. The van der Waals surface area contributed by atoms with Crippen LogP contribution in [0.25, 0.3) is 0 Å². The Bertz CT molecular complexity index is 840. The summed E-state index contributed by atoms with van der Waals surface area (Å²) in [5.41, 5.74) is 2.44. The summed E-state index contributed by atoms with van der Waals surface area (Å²) in [6.07, 6.45) is 1.57. The molecule has 130 valence electrons. The molecule has 1 aliphatic heterocycles. The minimum atomic E-state index is -0.395. The maximum atomic E-state index is 12.1. The van der Waals surface area contributed by atoms with Crippen LogP contribution in [0.5, 0.6) is 0 Å². The predicted molar refractivity (Wildman–Crippen MR) is 94.1 cm³/mol. The van der Waals surface area contributed by atoms with E-state index in [0.717, 1.165) is 24.1 Å². The predicted octanol–water partition coefficient (Wildman–Crippen LogP) is 1.74. The molecule has 6 heteroatoms. The molecule has 2 N–H and O–H groups in total. The first-order valence-corrected chi connectivity index (χ1v) is 8.36. The highest BCUT2D eigenvalue weighted by Crippen LogP contribution is 2.14. The van der Waals surface area contributed by atoms with E-state index in [9.17, 15) is 14.4 Å². The van der Waals surface area contributed by atoms with E-state index in [-0.39, 0.29) is 17.0 Å². The van der Waals surface area contributed by atoms with E-state index in [1.165, 1.54) is 6.07 Å². The first-order valence-electron chi connectivity index (χ1n) is 8.36. The van der Waals surface area contributed by atoms with Gasteiger partial charge in [0.15, 0.2) is 0 Å². The number of hydrogen-bond donors (Lipinski definition) is 2. The molecule has 2 aromatic rings. The lowest BCUT2D eigenvalue weighted by Crippen LogP contribution is -2.29. The summed E-state index contributed by atoms with van der Waals surface area (Å²) >= 11 is 0. The number of likely N-dealkylation sites (tertiary alicyclic amines) is 1. The maximum absolute atomic E-state index is 12.1. The van der Waals surface area contributed by atoms with Gasteiger partial charge in [0.05, 0.1) is 0 Å². The lowest BCUT2D eigenvalue weighted by molar-refractivity contribution is -0.128. The SMILES string of the molecule is Cc1ccc(C(=O)NCc2ccc(CN3CCCC3=O)cc2)c(=O)[nH]1. The Hall–Kier alpha value is -2.89. The van der Waals surface area contributed by atoms with E-state index in [0.29, 0.717) is 25.2 Å². The fourth-order valence-corrected chi connectivity index (χ4v) is 2.88. The third-order valence-electron chi connectivity index (χ3n) is 4.32. The monoisotopic (exact) mass is 339 g/mol. The molecule has 2 heterocycles. The lowest BCUT2D eigenvalue weighted by atomic mass is 10.1. The number of nitrogens with zero attached hydrogens (tertiary/aromatic N) is 1. The van der Waals surface area contributed by atoms with Gasteiger partial charge in [-0.15, -0.1) is 0 Å². The minimum absolute atomic E-state index is 0.106. The number of aromatic amines is 1. The van der Waals surface area contributed by atoms with Gasteiger partial charge in [-0.3, -0.25) is 14.4 Å². The van der Waals surface area contributed by atoms with Crippen molar-refractivity contribution in [3.63, 3.8) is 0 Å². The molecule has 1 aromatic heterocycles. The van der Waals surface area contributed by atoms with E-state index in [4.69, 9.17) is 0 Å². The smallest absolute Gasteiger partial charge is 0.260 e. The summed E-state index contributed by atoms with van der Waals surface area (Å²) in [6, 6.07) is 11.0. The number of aryl methyl sites for hydroxylation is 1. The summed E-state index contributed by atoms with van der Waals surface area (Å²) in [5, 5.41) is 2.75. The third-order valence-corrected chi connectivity index (χ3v) is 4.32. The molecule has 0 unspecified atom stereocenters. The third kappa shape index (κ3) is 4.15. The molecule has 0 saturated carbocycles. The normalized spacial score (nSPS) is 14.0. The van der Waals surface area contributed by atoms with Crippen LogP contribution in [0, 0.1) is 6.92 Å². The first-order chi connectivity index (χ1) is 12.0. The van der Waals surface area contributed by atoms with Crippen LogP contribution in [0.1, 0.15) is 40.0 Å². The Morgan fingerprint density at radius 1 is 1.12 bits per heavy atom. The van der Waals surface area contributed by atoms with Gasteiger partial charge >= 0.3 is 0 Å². The molecule has 6 nitrogen and oxygen atoms in total. The van der Waals surface area contributed by atoms with E-state index in [1.54, 1.807) is 13.0 Å². The van der Waals surface area contributed by atoms with Crippen LogP contribution in [0.4, 0.5) is 0 Å². The molecule has 25 heavy (non-hydrogen) atoms. The second-order valence-corrected chi connectivity index (χ2v) is 6.30. The Labute approximate surface area is 145 Å². The summed E-state index contributed by atoms with van der Waals surface area (Å²) in [4.78, 5) is 40.0. The summed E-state index contributed by atoms with van der Waals surface area (Å²) in [6.45, 7) is 3.56. The molecular weight excluding hydrogens is 318 g/mol. The van der Waals surface area contributed by atoms with Crippen molar-refractivity contribution in [2.45, 2.75) is 32.9 Å². The highest BCUT2D eigenvalue weighted by molar-refractivity contribution is 5.93. The van der Waals surface area contributed by atoms with E-state index < -0.39 is 5.91 Å². The molecule has 1 saturated heterocycles. The van der Waals surface area contributed by atoms with Crippen molar-refractivity contribution in [3.05, 3.63) is 69.1 Å². The van der Waals surface area contributed by atoms with Gasteiger partial charge < -0.3 is 15.2 Å². The zero-order valence-corrected chi connectivity index (χ0v) is 14.2. The average molecular weight is 339 g/mol. The molecule has 0 radical (unpaired) electrons. The molecule has 0 atom stereocenters. The molecule has 1 aliphatic rings. The second kappa shape index (κ2) is 7.34. The van der Waals surface area contributed by atoms with E-state index in [2.05, 4.69) is 10.3 Å². The summed E-state index contributed by atoms with van der Waals surface area (Å²) in [7, 11) is 0.